The molecule has 4 aromatic rings. The molecule has 0 saturated carbocycles. The van der Waals surface area contributed by atoms with Crippen LogP contribution >= 0.6 is 0 Å². The van der Waals surface area contributed by atoms with Gasteiger partial charge < -0.3 is 15.0 Å². The van der Waals surface area contributed by atoms with Crippen molar-refractivity contribution in [2.24, 2.45) is 0 Å². The second-order valence-electron chi connectivity index (χ2n) is 11.4. The van der Waals surface area contributed by atoms with Crippen LogP contribution in [0.4, 0.5) is 10.5 Å². The van der Waals surface area contributed by atoms with Crippen molar-refractivity contribution >= 4 is 40.3 Å². The number of barbiturate groups is 1. The molecule has 46 heavy (non-hydrogen) atoms. The average Bonchev–Trinajstić information content (AvgIpc) is 3.07. The van der Waals surface area contributed by atoms with Gasteiger partial charge in [0.1, 0.15) is 12.4 Å². The van der Waals surface area contributed by atoms with Crippen LogP contribution in [0.25, 0.3) is 10.9 Å². The summed E-state index contributed by atoms with van der Waals surface area (Å²) in [5, 5.41) is 8.31. The van der Waals surface area contributed by atoms with Crippen LogP contribution in [-0.4, -0.2) is 76.4 Å². The second kappa shape index (κ2) is 12.9. The van der Waals surface area contributed by atoms with Gasteiger partial charge in [-0.2, -0.15) is 0 Å². The minimum atomic E-state index is -1.82. The van der Waals surface area contributed by atoms with E-state index >= 15 is 0 Å². The van der Waals surface area contributed by atoms with Gasteiger partial charge in [-0.25, -0.2) is 4.79 Å². The summed E-state index contributed by atoms with van der Waals surface area (Å²) in [7, 11) is 0. The first-order chi connectivity index (χ1) is 22.3. The number of aromatic nitrogens is 2. The third kappa shape index (κ3) is 5.98. The number of pyridine rings is 2. The van der Waals surface area contributed by atoms with Gasteiger partial charge in [-0.1, -0.05) is 25.1 Å². The zero-order chi connectivity index (χ0) is 32.3. The van der Waals surface area contributed by atoms with Crippen molar-refractivity contribution in [3.8, 4) is 5.75 Å². The molecule has 1 atom stereocenters. The summed E-state index contributed by atoms with van der Waals surface area (Å²) in [6.45, 7) is 5.31. The highest BCUT2D eigenvalue weighted by molar-refractivity contribution is 6.23. The minimum absolute atomic E-state index is 0.228. The smallest absolute Gasteiger partial charge is 0.328 e. The molecule has 0 bridgehead atoms. The van der Waals surface area contributed by atoms with Crippen molar-refractivity contribution in [3.63, 3.8) is 0 Å². The number of para-hydroxylation sites is 1. The maximum atomic E-state index is 13.5. The molecular formula is C34H35N7O5. The fourth-order valence-electron chi connectivity index (χ4n) is 6.24. The Hall–Kier alpha value is -5.36. The molecule has 0 aliphatic carbocycles. The fourth-order valence-corrected chi connectivity index (χ4v) is 6.24. The molecule has 0 spiro atoms. The van der Waals surface area contributed by atoms with E-state index in [-0.39, 0.29) is 12.6 Å². The lowest BCUT2D eigenvalue weighted by Crippen LogP contribution is -2.79. The predicted molar refractivity (Wildman–Crippen MR) is 171 cm³/mol. The molecule has 0 radical (unpaired) electrons. The Morgan fingerprint density at radius 3 is 2.50 bits per heavy atom. The van der Waals surface area contributed by atoms with Gasteiger partial charge in [-0.3, -0.25) is 39.9 Å². The number of carbonyl (C=O) groups is 4. The monoisotopic (exact) mass is 621 g/mol. The van der Waals surface area contributed by atoms with Gasteiger partial charge in [-0.05, 0) is 61.9 Å². The molecule has 6 rings (SSSR count). The maximum Gasteiger partial charge on any atom is 0.328 e. The predicted octanol–water partition coefficient (Wildman–Crippen LogP) is 2.95. The van der Waals surface area contributed by atoms with E-state index in [1.165, 1.54) is 0 Å². The number of carbonyl (C=O) groups excluding carboxylic acids is 4. The number of fused-ring (bicyclic) bond motifs is 1. The van der Waals surface area contributed by atoms with Crippen LogP contribution in [0.1, 0.15) is 35.0 Å². The van der Waals surface area contributed by atoms with Crippen LogP contribution in [0.3, 0.4) is 0 Å². The van der Waals surface area contributed by atoms with Crippen LogP contribution in [0, 0.1) is 6.92 Å². The number of rotatable bonds is 9. The lowest BCUT2D eigenvalue weighted by molar-refractivity contribution is -0.149. The normalized spacial score (nSPS) is 18.2. The highest BCUT2D eigenvalue weighted by atomic mass is 16.5. The number of amides is 5. The number of aryl methyl sites for hydroxylation is 1. The maximum absolute atomic E-state index is 13.5. The summed E-state index contributed by atoms with van der Waals surface area (Å²) in [4.78, 5) is 65.1. The van der Waals surface area contributed by atoms with Crippen molar-refractivity contribution in [3.05, 3.63) is 95.9 Å². The largest absolute Gasteiger partial charge is 0.489 e. The topological polar surface area (TPSA) is 146 Å². The van der Waals surface area contributed by atoms with Crippen LogP contribution < -0.4 is 25.6 Å². The van der Waals surface area contributed by atoms with E-state index in [1.54, 1.807) is 41.6 Å². The summed E-state index contributed by atoms with van der Waals surface area (Å²) in [5.41, 5.74) is 2.24. The Balaban J connectivity index is 1.16. The highest BCUT2D eigenvalue weighted by Gasteiger charge is 2.57. The van der Waals surface area contributed by atoms with E-state index in [0.29, 0.717) is 44.0 Å². The number of imide groups is 2. The number of hydrogen-bond acceptors (Lipinski definition) is 9. The fraction of sp³-hybridized carbons (Fsp3) is 0.294. The third-order valence-corrected chi connectivity index (χ3v) is 8.61. The Morgan fingerprint density at radius 2 is 1.78 bits per heavy atom. The first-order valence-electron chi connectivity index (χ1n) is 15.2. The van der Waals surface area contributed by atoms with Gasteiger partial charge in [-0.15, -0.1) is 0 Å². The van der Waals surface area contributed by atoms with Crippen molar-refractivity contribution in [1.29, 1.82) is 0 Å². The minimum Gasteiger partial charge on any atom is -0.489 e. The summed E-state index contributed by atoms with van der Waals surface area (Å²) < 4.78 is 6.03. The van der Waals surface area contributed by atoms with E-state index in [2.05, 4.69) is 30.8 Å². The lowest BCUT2D eigenvalue weighted by Gasteiger charge is -2.51. The second-order valence-corrected chi connectivity index (χ2v) is 11.4. The average molecular weight is 622 g/mol. The molecule has 3 N–H and O–H groups in total. The number of nitrogens with zero attached hydrogens (tertiary/aromatic N) is 4. The molecule has 12 nitrogen and oxygen atoms in total. The van der Waals surface area contributed by atoms with Crippen molar-refractivity contribution in [1.82, 2.24) is 30.8 Å². The van der Waals surface area contributed by atoms with E-state index in [0.717, 1.165) is 27.8 Å². The molecule has 4 heterocycles. The molecule has 5 amide bonds. The van der Waals surface area contributed by atoms with Gasteiger partial charge in [0.2, 0.25) is 0 Å². The van der Waals surface area contributed by atoms with Crippen LogP contribution in [0.5, 0.6) is 5.75 Å². The van der Waals surface area contributed by atoms with E-state index in [9.17, 15) is 19.2 Å². The number of nitrogens with one attached hydrogen (secondary N) is 3. The van der Waals surface area contributed by atoms with Gasteiger partial charge in [0, 0.05) is 54.1 Å². The molecule has 2 saturated heterocycles. The summed E-state index contributed by atoms with van der Waals surface area (Å²) in [6.07, 6.45) is 4.10. The molecule has 2 fully saturated rings. The van der Waals surface area contributed by atoms with Gasteiger partial charge in [0.25, 0.3) is 17.7 Å². The quantitative estimate of drug-likeness (QED) is 0.240. The lowest BCUT2D eigenvalue weighted by atomic mass is 9.88. The highest BCUT2D eigenvalue weighted by Crippen LogP contribution is 2.29. The number of piperazine rings is 1. The zero-order valence-electron chi connectivity index (χ0n) is 25.7. The number of anilines is 1. The van der Waals surface area contributed by atoms with E-state index < -0.39 is 29.3 Å². The SMILES string of the molecule is CCC1CN(c2cccnc2)CCN1C1(CNC(=O)c2ccc(OCc3cc(C)nc4ccccc34)cc2)C(=O)NC(=O)NC1=O. The first-order valence-corrected chi connectivity index (χ1v) is 15.2. The Morgan fingerprint density at radius 1 is 1.02 bits per heavy atom. The van der Waals surface area contributed by atoms with Crippen LogP contribution in [0.2, 0.25) is 0 Å². The van der Waals surface area contributed by atoms with Gasteiger partial charge >= 0.3 is 6.03 Å². The van der Waals surface area contributed by atoms with Crippen molar-refractivity contribution in [2.75, 3.05) is 31.1 Å². The molecule has 2 aromatic carbocycles. The first kappa shape index (κ1) is 30.7. The molecule has 2 aromatic heterocycles. The van der Waals surface area contributed by atoms with Crippen molar-refractivity contribution < 1.29 is 23.9 Å². The molecular weight excluding hydrogens is 586 g/mol. The van der Waals surface area contributed by atoms with Crippen molar-refractivity contribution in [2.45, 2.75) is 38.5 Å². The van der Waals surface area contributed by atoms with Crippen LogP contribution in [-0.2, 0) is 16.2 Å². The summed E-state index contributed by atoms with van der Waals surface area (Å²) in [6, 6.07) is 19.2. The molecule has 12 heteroatoms. The molecule has 2 aliphatic rings. The Labute approximate surface area is 266 Å². The Bertz CT molecular complexity index is 1760. The van der Waals surface area contributed by atoms with E-state index in [1.807, 2.05) is 56.3 Å². The summed E-state index contributed by atoms with van der Waals surface area (Å²) in [5.74, 6) is -1.43. The number of ether oxygens (including phenoxy) is 1. The van der Waals surface area contributed by atoms with E-state index in [4.69, 9.17) is 4.74 Å². The van der Waals surface area contributed by atoms with Gasteiger partial charge in [0.15, 0.2) is 5.54 Å². The Kier molecular flexibility index (Phi) is 8.62. The third-order valence-electron chi connectivity index (χ3n) is 8.61. The molecule has 2 aliphatic heterocycles. The number of hydrogen-bond donors (Lipinski definition) is 3. The van der Waals surface area contributed by atoms with Crippen LogP contribution in [0.15, 0.2) is 79.1 Å². The van der Waals surface area contributed by atoms with Gasteiger partial charge in [0.05, 0.1) is 23.9 Å². The number of benzene rings is 2. The standard InChI is InChI=1S/C34H35N7O5/c1-3-25-19-40(26-7-6-14-35-18-26)15-16-41(25)34(31(43)38-33(45)39-32(34)44)21-36-30(42)23-10-12-27(13-11-23)46-20-24-17-22(2)37-29-9-5-4-8-28(24)29/h4-14,17-18,25H,3,15-16,19-21H2,1-2H3,(H,36,42)(H2,38,39,43,44,45). The molecule has 1 unspecified atom stereocenters. The molecule has 236 valence electrons. The zero-order valence-corrected chi connectivity index (χ0v) is 25.7. The number of urea groups is 1. The summed E-state index contributed by atoms with van der Waals surface area (Å²) >= 11 is 0.